The lowest BCUT2D eigenvalue weighted by Crippen LogP contribution is -2.39. The Labute approximate surface area is 137 Å². The number of sulfonamides is 1. The van der Waals surface area contributed by atoms with Crippen LogP contribution < -0.4 is 9.46 Å². The zero-order valence-electron chi connectivity index (χ0n) is 13.6. The molecular formula is C16H24N2O4S. The van der Waals surface area contributed by atoms with E-state index in [1.54, 1.807) is 4.90 Å². The molecule has 1 atom stereocenters. The van der Waals surface area contributed by atoms with E-state index in [4.69, 9.17) is 4.74 Å². The molecule has 128 valence electrons. The molecule has 1 amide bonds. The summed E-state index contributed by atoms with van der Waals surface area (Å²) in [5.41, 5.74) is 1.12. The Hall–Kier alpha value is -1.60. The average molecular weight is 340 g/mol. The maximum Gasteiger partial charge on any atom is 0.224 e. The van der Waals surface area contributed by atoms with Gasteiger partial charge in [-0.15, -0.1) is 0 Å². The Bertz CT molecular complexity index is 628. The first-order valence-corrected chi connectivity index (χ1v) is 9.52. The van der Waals surface area contributed by atoms with Gasteiger partial charge in [-0.3, -0.25) is 4.79 Å². The zero-order valence-corrected chi connectivity index (χ0v) is 14.4. The van der Waals surface area contributed by atoms with Crippen LogP contribution in [0.5, 0.6) is 5.75 Å². The number of ether oxygens (including phenoxy) is 1. The van der Waals surface area contributed by atoms with Crippen molar-refractivity contribution in [1.82, 2.24) is 9.62 Å². The van der Waals surface area contributed by atoms with Gasteiger partial charge in [0.05, 0.1) is 5.75 Å². The smallest absolute Gasteiger partial charge is 0.224 e. The predicted octanol–water partition coefficient (Wildman–Crippen LogP) is 1.30. The molecule has 1 aliphatic rings. The molecular weight excluding hydrogens is 316 g/mol. The van der Waals surface area contributed by atoms with Crippen molar-refractivity contribution < 1.29 is 17.9 Å². The van der Waals surface area contributed by atoms with Gasteiger partial charge in [-0.25, -0.2) is 13.1 Å². The molecule has 0 aliphatic carbocycles. The third-order valence-electron chi connectivity index (χ3n) is 3.70. The number of aryl methyl sites for hydroxylation is 1. The van der Waals surface area contributed by atoms with Crippen LogP contribution in [0.2, 0.25) is 0 Å². The molecule has 2 rings (SSSR count). The maximum absolute atomic E-state index is 12.1. The zero-order chi connectivity index (χ0) is 16.9. The van der Waals surface area contributed by atoms with E-state index in [1.165, 1.54) is 0 Å². The summed E-state index contributed by atoms with van der Waals surface area (Å²) < 4.78 is 32.2. The summed E-state index contributed by atoms with van der Waals surface area (Å²) >= 11 is 0. The highest BCUT2D eigenvalue weighted by Gasteiger charge is 2.31. The Morgan fingerprint density at radius 1 is 1.30 bits per heavy atom. The fourth-order valence-electron chi connectivity index (χ4n) is 2.55. The summed E-state index contributed by atoms with van der Waals surface area (Å²) in [4.78, 5) is 13.5. The van der Waals surface area contributed by atoms with Crippen LogP contribution in [0.4, 0.5) is 0 Å². The van der Waals surface area contributed by atoms with Crippen LogP contribution in [0.15, 0.2) is 24.3 Å². The molecule has 23 heavy (non-hydrogen) atoms. The molecule has 0 bridgehead atoms. The van der Waals surface area contributed by atoms with Crippen molar-refractivity contribution in [3.05, 3.63) is 29.8 Å². The van der Waals surface area contributed by atoms with Crippen LogP contribution in [0, 0.1) is 6.92 Å². The lowest BCUT2D eigenvalue weighted by molar-refractivity contribution is -0.127. The molecule has 1 N–H and O–H groups in total. The van der Waals surface area contributed by atoms with E-state index < -0.39 is 10.0 Å². The molecule has 1 fully saturated rings. The van der Waals surface area contributed by atoms with Crippen molar-refractivity contribution >= 4 is 15.9 Å². The van der Waals surface area contributed by atoms with E-state index in [1.807, 2.05) is 38.1 Å². The molecule has 0 aromatic heterocycles. The highest BCUT2D eigenvalue weighted by molar-refractivity contribution is 7.89. The predicted molar refractivity (Wildman–Crippen MR) is 88.9 cm³/mol. The summed E-state index contributed by atoms with van der Waals surface area (Å²) in [6.07, 6.45) is 1.10. The molecule has 1 aliphatic heterocycles. The Morgan fingerprint density at radius 2 is 2.00 bits per heavy atom. The Morgan fingerprint density at radius 3 is 2.65 bits per heavy atom. The van der Waals surface area contributed by atoms with E-state index in [-0.39, 0.29) is 30.7 Å². The molecule has 7 heteroatoms. The number of amides is 1. The summed E-state index contributed by atoms with van der Waals surface area (Å²) in [5.74, 6) is 0.533. The monoisotopic (exact) mass is 340 g/mol. The number of nitrogens with one attached hydrogen (secondary N) is 1. The largest absolute Gasteiger partial charge is 0.492 e. The van der Waals surface area contributed by atoms with Crippen LogP contribution in [0.25, 0.3) is 0 Å². The van der Waals surface area contributed by atoms with E-state index >= 15 is 0 Å². The number of hydrogen-bond acceptors (Lipinski definition) is 4. The van der Waals surface area contributed by atoms with Crippen LogP contribution >= 0.6 is 0 Å². The van der Waals surface area contributed by atoms with Crippen LogP contribution in [-0.2, 0) is 14.8 Å². The number of carbonyl (C=O) groups is 1. The number of hydrogen-bond donors (Lipinski definition) is 1. The minimum absolute atomic E-state index is 0.00968. The number of likely N-dealkylation sites (tertiary alicyclic amines) is 1. The number of rotatable bonds is 8. The highest BCUT2D eigenvalue weighted by Crippen LogP contribution is 2.13. The first-order chi connectivity index (χ1) is 10.9. The van der Waals surface area contributed by atoms with Crippen LogP contribution in [0.3, 0.4) is 0 Å². The van der Waals surface area contributed by atoms with Gasteiger partial charge < -0.3 is 9.64 Å². The third kappa shape index (κ3) is 5.51. The van der Waals surface area contributed by atoms with Crippen molar-refractivity contribution in [3.8, 4) is 5.75 Å². The highest BCUT2D eigenvalue weighted by atomic mass is 32.2. The lowest BCUT2D eigenvalue weighted by Gasteiger charge is -2.16. The molecule has 0 saturated carbocycles. The van der Waals surface area contributed by atoms with Crippen molar-refractivity contribution in [2.24, 2.45) is 0 Å². The second kappa shape index (κ2) is 7.79. The van der Waals surface area contributed by atoms with E-state index in [0.29, 0.717) is 18.8 Å². The van der Waals surface area contributed by atoms with Gasteiger partial charge in [0.25, 0.3) is 0 Å². The average Bonchev–Trinajstić information content (AvgIpc) is 2.80. The third-order valence-corrected chi connectivity index (χ3v) is 5.09. The molecule has 1 heterocycles. The molecule has 0 radical (unpaired) electrons. The maximum atomic E-state index is 12.1. The topological polar surface area (TPSA) is 75.7 Å². The molecule has 0 unspecified atom stereocenters. The van der Waals surface area contributed by atoms with E-state index in [9.17, 15) is 13.2 Å². The Balaban J connectivity index is 1.78. The molecule has 1 saturated heterocycles. The quantitative estimate of drug-likeness (QED) is 0.774. The first kappa shape index (κ1) is 17.7. The van der Waals surface area contributed by atoms with Gasteiger partial charge in [0, 0.05) is 25.6 Å². The standard InChI is InChI=1S/C16H24N2O4S/c1-3-8-18-12-14(11-16(18)19)17-23(20,21)10-9-22-15-6-4-13(2)5-7-15/h4-7,14,17H,3,8-12H2,1-2H3/t14-/m1/s1. The first-order valence-electron chi connectivity index (χ1n) is 7.87. The van der Waals surface area contributed by atoms with Gasteiger partial charge in [-0.1, -0.05) is 24.6 Å². The second-order valence-electron chi connectivity index (χ2n) is 5.84. The summed E-state index contributed by atoms with van der Waals surface area (Å²) in [6.45, 7) is 5.17. The fourth-order valence-corrected chi connectivity index (χ4v) is 3.64. The van der Waals surface area contributed by atoms with Gasteiger partial charge in [-0.2, -0.15) is 0 Å². The summed E-state index contributed by atoms with van der Waals surface area (Å²) in [7, 11) is -3.46. The van der Waals surface area contributed by atoms with E-state index in [0.717, 1.165) is 12.0 Å². The number of benzene rings is 1. The summed E-state index contributed by atoms with van der Waals surface area (Å²) in [5, 5.41) is 0. The SMILES string of the molecule is CCCN1C[C@H](NS(=O)(=O)CCOc2ccc(C)cc2)CC1=O. The van der Waals surface area contributed by atoms with E-state index in [2.05, 4.69) is 4.72 Å². The normalized spacial score (nSPS) is 18.4. The summed E-state index contributed by atoms with van der Waals surface area (Å²) in [6, 6.07) is 7.11. The van der Waals surface area contributed by atoms with Gasteiger partial charge in [0.15, 0.2) is 0 Å². The number of nitrogens with zero attached hydrogens (tertiary/aromatic N) is 1. The molecule has 1 aromatic carbocycles. The Kier molecular flexibility index (Phi) is 6.01. The van der Waals surface area contributed by atoms with Crippen molar-refractivity contribution in [2.75, 3.05) is 25.4 Å². The second-order valence-corrected chi connectivity index (χ2v) is 7.71. The van der Waals surface area contributed by atoms with Crippen molar-refractivity contribution in [2.45, 2.75) is 32.7 Å². The minimum atomic E-state index is -3.46. The fraction of sp³-hybridized carbons (Fsp3) is 0.562. The van der Waals surface area contributed by atoms with Gasteiger partial charge in [0.1, 0.15) is 12.4 Å². The van der Waals surface area contributed by atoms with Gasteiger partial charge >= 0.3 is 0 Å². The van der Waals surface area contributed by atoms with Crippen LogP contribution in [-0.4, -0.2) is 50.7 Å². The van der Waals surface area contributed by atoms with Gasteiger partial charge in [0.2, 0.25) is 15.9 Å². The molecule has 6 nitrogen and oxygen atoms in total. The van der Waals surface area contributed by atoms with Crippen molar-refractivity contribution in [1.29, 1.82) is 0 Å². The van der Waals surface area contributed by atoms with Crippen molar-refractivity contribution in [3.63, 3.8) is 0 Å². The molecule has 1 aromatic rings. The minimum Gasteiger partial charge on any atom is -0.492 e. The van der Waals surface area contributed by atoms with Crippen LogP contribution in [0.1, 0.15) is 25.3 Å². The van der Waals surface area contributed by atoms with Gasteiger partial charge in [-0.05, 0) is 25.5 Å². The molecule has 0 spiro atoms. The number of carbonyl (C=O) groups excluding carboxylic acids is 1. The lowest BCUT2D eigenvalue weighted by atomic mass is 10.2.